The molecule has 0 aliphatic heterocycles. The second-order valence-corrected chi connectivity index (χ2v) is 4.83. The second kappa shape index (κ2) is 8.50. The standard InChI is InChI=1S/C12H17BrF2N2O/c1-16-10(4-5-18-8-12(14)15)6-11-3-2-9(13)7-17-11/h2-3,7,10,12,16H,4-6,8H2,1H3. The molecular weight excluding hydrogens is 306 g/mol. The summed E-state index contributed by atoms with van der Waals surface area (Å²) in [4.78, 5) is 4.27. The first-order chi connectivity index (χ1) is 8.61. The van der Waals surface area contributed by atoms with Gasteiger partial charge in [0.15, 0.2) is 0 Å². The summed E-state index contributed by atoms with van der Waals surface area (Å²) in [6.07, 6.45) is 0.782. The molecule has 1 aromatic heterocycles. The van der Waals surface area contributed by atoms with E-state index in [4.69, 9.17) is 4.74 Å². The molecule has 0 fully saturated rings. The minimum atomic E-state index is -2.40. The van der Waals surface area contributed by atoms with Gasteiger partial charge in [0.1, 0.15) is 6.61 Å². The molecule has 1 rings (SSSR count). The van der Waals surface area contributed by atoms with Gasteiger partial charge in [0, 0.05) is 35.4 Å². The highest BCUT2D eigenvalue weighted by molar-refractivity contribution is 9.10. The zero-order valence-electron chi connectivity index (χ0n) is 10.2. The average Bonchev–Trinajstić information content (AvgIpc) is 2.35. The molecule has 0 aromatic carbocycles. The van der Waals surface area contributed by atoms with Crippen LogP contribution in [-0.4, -0.2) is 37.7 Å². The van der Waals surface area contributed by atoms with Crippen LogP contribution in [0.25, 0.3) is 0 Å². The van der Waals surface area contributed by atoms with Crippen LogP contribution in [0.3, 0.4) is 0 Å². The van der Waals surface area contributed by atoms with E-state index in [9.17, 15) is 8.78 Å². The number of aromatic nitrogens is 1. The van der Waals surface area contributed by atoms with Crippen LogP contribution >= 0.6 is 15.9 Å². The number of halogens is 3. The molecule has 0 aliphatic carbocycles. The Morgan fingerprint density at radius 3 is 2.78 bits per heavy atom. The van der Waals surface area contributed by atoms with E-state index in [1.807, 2.05) is 19.2 Å². The Balaban J connectivity index is 2.30. The largest absolute Gasteiger partial charge is 0.375 e. The summed E-state index contributed by atoms with van der Waals surface area (Å²) < 4.78 is 29.5. The third-order valence-corrected chi connectivity index (χ3v) is 2.98. The van der Waals surface area contributed by atoms with Crippen LogP contribution < -0.4 is 5.32 Å². The summed E-state index contributed by atoms with van der Waals surface area (Å²) in [5.41, 5.74) is 0.964. The Hall–Kier alpha value is -0.590. The van der Waals surface area contributed by atoms with Crippen molar-refractivity contribution in [2.24, 2.45) is 0 Å². The third-order valence-electron chi connectivity index (χ3n) is 2.51. The number of hydrogen-bond acceptors (Lipinski definition) is 3. The van der Waals surface area contributed by atoms with E-state index in [1.165, 1.54) is 0 Å². The lowest BCUT2D eigenvalue weighted by atomic mass is 10.1. The first-order valence-electron chi connectivity index (χ1n) is 5.75. The Labute approximate surface area is 114 Å². The third kappa shape index (κ3) is 6.37. The molecule has 3 nitrogen and oxygen atoms in total. The predicted molar refractivity (Wildman–Crippen MR) is 69.9 cm³/mol. The van der Waals surface area contributed by atoms with Crippen LogP contribution in [0, 0.1) is 0 Å². The molecule has 1 heterocycles. The van der Waals surface area contributed by atoms with Gasteiger partial charge in [-0.2, -0.15) is 0 Å². The van der Waals surface area contributed by atoms with Crippen molar-refractivity contribution in [2.45, 2.75) is 25.3 Å². The number of rotatable bonds is 8. The number of nitrogens with one attached hydrogen (secondary N) is 1. The van der Waals surface area contributed by atoms with Gasteiger partial charge in [0.25, 0.3) is 6.43 Å². The van der Waals surface area contributed by atoms with Crippen molar-refractivity contribution in [3.8, 4) is 0 Å². The van der Waals surface area contributed by atoms with Crippen molar-refractivity contribution < 1.29 is 13.5 Å². The summed E-state index contributed by atoms with van der Waals surface area (Å²) in [7, 11) is 1.84. The normalized spacial score (nSPS) is 12.9. The molecule has 0 saturated carbocycles. The number of pyridine rings is 1. The fourth-order valence-electron chi connectivity index (χ4n) is 1.53. The summed E-state index contributed by atoms with van der Waals surface area (Å²) in [6, 6.07) is 4.05. The van der Waals surface area contributed by atoms with Gasteiger partial charge in [-0.3, -0.25) is 4.98 Å². The van der Waals surface area contributed by atoms with E-state index >= 15 is 0 Å². The molecule has 6 heteroatoms. The fraction of sp³-hybridized carbons (Fsp3) is 0.583. The average molecular weight is 323 g/mol. The van der Waals surface area contributed by atoms with Crippen LogP contribution in [0.1, 0.15) is 12.1 Å². The number of alkyl halides is 2. The molecule has 0 aliphatic rings. The van der Waals surface area contributed by atoms with Crippen molar-refractivity contribution in [3.63, 3.8) is 0 Å². The van der Waals surface area contributed by atoms with Crippen LogP contribution in [0.15, 0.2) is 22.8 Å². The number of ether oxygens (including phenoxy) is 1. The Morgan fingerprint density at radius 2 is 2.22 bits per heavy atom. The molecule has 1 unspecified atom stereocenters. The van der Waals surface area contributed by atoms with Gasteiger partial charge < -0.3 is 10.1 Å². The fourth-order valence-corrected chi connectivity index (χ4v) is 1.76. The van der Waals surface area contributed by atoms with Crippen LogP contribution in [-0.2, 0) is 11.2 Å². The van der Waals surface area contributed by atoms with Gasteiger partial charge in [0.05, 0.1) is 0 Å². The highest BCUT2D eigenvalue weighted by atomic mass is 79.9. The maximum Gasteiger partial charge on any atom is 0.261 e. The highest BCUT2D eigenvalue weighted by Crippen LogP contribution is 2.10. The first-order valence-corrected chi connectivity index (χ1v) is 6.54. The molecule has 0 saturated heterocycles. The molecule has 0 bridgehead atoms. The highest BCUT2D eigenvalue weighted by Gasteiger charge is 2.09. The number of likely N-dealkylation sites (N-methyl/N-ethyl adjacent to an activating group) is 1. The quantitative estimate of drug-likeness (QED) is 0.747. The summed E-state index contributed by atoms with van der Waals surface area (Å²) in [5, 5.41) is 3.13. The lowest BCUT2D eigenvalue weighted by molar-refractivity contribution is 0.0146. The van der Waals surface area contributed by atoms with E-state index in [1.54, 1.807) is 6.20 Å². The minimum Gasteiger partial charge on any atom is -0.375 e. The van der Waals surface area contributed by atoms with Crippen molar-refractivity contribution in [1.82, 2.24) is 10.3 Å². The monoisotopic (exact) mass is 322 g/mol. The molecule has 1 N–H and O–H groups in total. The van der Waals surface area contributed by atoms with Crippen LogP contribution in [0.5, 0.6) is 0 Å². The topological polar surface area (TPSA) is 34.1 Å². The Bertz CT molecular complexity index is 335. The van der Waals surface area contributed by atoms with Crippen molar-refractivity contribution in [3.05, 3.63) is 28.5 Å². The second-order valence-electron chi connectivity index (χ2n) is 3.91. The predicted octanol–water partition coefficient (Wildman–Crippen LogP) is 2.65. The Morgan fingerprint density at radius 1 is 1.44 bits per heavy atom. The molecule has 0 radical (unpaired) electrons. The van der Waals surface area contributed by atoms with Crippen molar-refractivity contribution in [1.29, 1.82) is 0 Å². The lowest BCUT2D eigenvalue weighted by Gasteiger charge is -2.15. The number of hydrogen-bond donors (Lipinski definition) is 1. The zero-order valence-corrected chi connectivity index (χ0v) is 11.8. The minimum absolute atomic E-state index is 0.177. The van der Waals surface area contributed by atoms with Crippen LogP contribution in [0.4, 0.5) is 8.78 Å². The van der Waals surface area contributed by atoms with Gasteiger partial charge >= 0.3 is 0 Å². The molecule has 0 amide bonds. The van der Waals surface area contributed by atoms with Gasteiger partial charge in [0.2, 0.25) is 0 Å². The molecule has 0 spiro atoms. The number of nitrogens with zero attached hydrogens (tertiary/aromatic N) is 1. The van der Waals surface area contributed by atoms with Crippen LogP contribution in [0.2, 0.25) is 0 Å². The molecule has 1 aromatic rings. The molecule has 1 atom stereocenters. The maximum absolute atomic E-state index is 11.9. The van der Waals surface area contributed by atoms with Crippen molar-refractivity contribution in [2.75, 3.05) is 20.3 Å². The van der Waals surface area contributed by atoms with E-state index in [-0.39, 0.29) is 6.04 Å². The van der Waals surface area contributed by atoms with Gasteiger partial charge in [-0.15, -0.1) is 0 Å². The summed E-state index contributed by atoms with van der Waals surface area (Å²) in [5.74, 6) is 0. The molecular formula is C12H17BrF2N2O. The summed E-state index contributed by atoms with van der Waals surface area (Å²) >= 11 is 3.32. The van der Waals surface area contributed by atoms with E-state index in [2.05, 4.69) is 26.2 Å². The SMILES string of the molecule is CNC(CCOCC(F)F)Cc1ccc(Br)cn1. The molecule has 18 heavy (non-hydrogen) atoms. The summed E-state index contributed by atoms with van der Waals surface area (Å²) in [6.45, 7) is -0.167. The van der Waals surface area contributed by atoms with E-state index in [0.29, 0.717) is 13.0 Å². The zero-order chi connectivity index (χ0) is 13.4. The lowest BCUT2D eigenvalue weighted by Crippen LogP contribution is -2.29. The smallest absolute Gasteiger partial charge is 0.261 e. The van der Waals surface area contributed by atoms with Gasteiger partial charge in [-0.1, -0.05) is 0 Å². The van der Waals surface area contributed by atoms with E-state index in [0.717, 1.165) is 16.6 Å². The van der Waals surface area contributed by atoms with Gasteiger partial charge in [-0.05, 0) is 41.5 Å². The van der Waals surface area contributed by atoms with Crippen molar-refractivity contribution >= 4 is 15.9 Å². The Kier molecular flexibility index (Phi) is 7.31. The van der Waals surface area contributed by atoms with E-state index < -0.39 is 13.0 Å². The molecule has 102 valence electrons. The first kappa shape index (κ1) is 15.5. The maximum atomic E-state index is 11.9. The van der Waals surface area contributed by atoms with Gasteiger partial charge in [-0.25, -0.2) is 8.78 Å².